The smallest absolute Gasteiger partial charge is 0.234 e. The molecular formula is C17H16ClN5O2S. The quantitative estimate of drug-likeness (QED) is 0.714. The second-order valence-corrected chi connectivity index (χ2v) is 8.02. The zero-order valence-electron chi connectivity index (χ0n) is 14.1. The van der Waals surface area contributed by atoms with E-state index in [1.807, 2.05) is 25.2 Å². The third-order valence-electron chi connectivity index (χ3n) is 3.59. The maximum Gasteiger partial charge on any atom is 0.234 e. The molecule has 26 heavy (non-hydrogen) atoms. The highest BCUT2D eigenvalue weighted by Crippen LogP contribution is 2.24. The Labute approximate surface area is 156 Å². The van der Waals surface area contributed by atoms with Gasteiger partial charge in [-0.1, -0.05) is 17.7 Å². The lowest BCUT2D eigenvalue weighted by molar-refractivity contribution is 0.602. The number of hydrogen-bond donors (Lipinski definition) is 1. The molecule has 0 radical (unpaired) electrons. The van der Waals surface area contributed by atoms with E-state index in [1.54, 1.807) is 23.1 Å². The summed E-state index contributed by atoms with van der Waals surface area (Å²) in [4.78, 5) is 14.7. The normalized spacial score (nSPS) is 11.2. The van der Waals surface area contributed by atoms with Gasteiger partial charge in [-0.05, 0) is 42.5 Å². The fourth-order valence-electron chi connectivity index (χ4n) is 2.22. The molecule has 0 aliphatic rings. The van der Waals surface area contributed by atoms with Gasteiger partial charge in [-0.2, -0.15) is 4.98 Å². The molecule has 3 rings (SSSR count). The topological polar surface area (TPSA) is 88.1 Å². The molecule has 1 aromatic heterocycles. The van der Waals surface area contributed by atoms with Gasteiger partial charge >= 0.3 is 0 Å². The van der Waals surface area contributed by atoms with Crippen LogP contribution in [0.1, 0.15) is 0 Å². The van der Waals surface area contributed by atoms with E-state index in [0.29, 0.717) is 22.6 Å². The standard InChI is InChI=1S/C17H16ClN5O2S/c1-23(14-5-3-4-12(18)10-14)17-20-11-19-16(22-17)21-13-6-8-15(9-7-13)26(2,24)25/h3-11H,1-2H3,(H,19,20,21,22). The van der Waals surface area contributed by atoms with Crippen molar-refractivity contribution in [2.45, 2.75) is 4.90 Å². The molecule has 0 atom stereocenters. The number of benzene rings is 2. The van der Waals surface area contributed by atoms with Crippen LogP contribution in [0.2, 0.25) is 5.02 Å². The summed E-state index contributed by atoms with van der Waals surface area (Å²) in [7, 11) is -1.41. The zero-order chi connectivity index (χ0) is 18.7. The third-order valence-corrected chi connectivity index (χ3v) is 4.96. The van der Waals surface area contributed by atoms with Gasteiger partial charge in [0.25, 0.3) is 0 Å². The summed E-state index contributed by atoms with van der Waals surface area (Å²) < 4.78 is 23.0. The first-order valence-electron chi connectivity index (χ1n) is 7.58. The van der Waals surface area contributed by atoms with Crippen LogP contribution >= 0.6 is 11.6 Å². The van der Waals surface area contributed by atoms with Gasteiger partial charge in [0.1, 0.15) is 6.33 Å². The van der Waals surface area contributed by atoms with Crippen LogP contribution in [0.4, 0.5) is 23.3 Å². The summed E-state index contributed by atoms with van der Waals surface area (Å²) in [6.45, 7) is 0. The van der Waals surface area contributed by atoms with Crippen molar-refractivity contribution in [3.63, 3.8) is 0 Å². The van der Waals surface area contributed by atoms with Gasteiger partial charge in [0.15, 0.2) is 9.84 Å². The summed E-state index contributed by atoms with van der Waals surface area (Å²) in [5.41, 5.74) is 1.51. The molecule has 0 bridgehead atoms. The van der Waals surface area contributed by atoms with Crippen molar-refractivity contribution in [3.05, 3.63) is 59.9 Å². The van der Waals surface area contributed by atoms with E-state index in [-0.39, 0.29) is 4.90 Å². The predicted octanol–water partition coefficient (Wildman–Crippen LogP) is 3.44. The van der Waals surface area contributed by atoms with Gasteiger partial charge in [-0.25, -0.2) is 18.4 Å². The van der Waals surface area contributed by atoms with E-state index in [2.05, 4.69) is 20.3 Å². The van der Waals surface area contributed by atoms with E-state index >= 15 is 0 Å². The summed E-state index contributed by atoms with van der Waals surface area (Å²) in [6.07, 6.45) is 2.57. The lowest BCUT2D eigenvalue weighted by Crippen LogP contribution is -2.14. The average Bonchev–Trinajstić information content (AvgIpc) is 2.61. The molecule has 0 saturated carbocycles. The molecule has 0 aliphatic carbocycles. The van der Waals surface area contributed by atoms with Gasteiger partial charge in [0.05, 0.1) is 4.90 Å². The fraction of sp³-hybridized carbons (Fsp3) is 0.118. The SMILES string of the molecule is CN(c1cccc(Cl)c1)c1ncnc(Nc2ccc(S(C)(=O)=O)cc2)n1. The Hall–Kier alpha value is -2.71. The van der Waals surface area contributed by atoms with E-state index in [0.717, 1.165) is 5.69 Å². The van der Waals surface area contributed by atoms with Crippen molar-refractivity contribution in [2.24, 2.45) is 0 Å². The minimum atomic E-state index is -3.23. The van der Waals surface area contributed by atoms with Crippen molar-refractivity contribution in [1.82, 2.24) is 15.0 Å². The summed E-state index contributed by atoms with van der Waals surface area (Å²) >= 11 is 6.02. The first-order valence-corrected chi connectivity index (χ1v) is 9.85. The number of nitrogens with one attached hydrogen (secondary N) is 1. The Bertz CT molecular complexity index is 1030. The van der Waals surface area contributed by atoms with Crippen molar-refractivity contribution in [3.8, 4) is 0 Å². The Morgan fingerprint density at radius 1 is 1.08 bits per heavy atom. The van der Waals surface area contributed by atoms with Crippen LogP contribution in [0.15, 0.2) is 59.8 Å². The number of sulfone groups is 1. The maximum absolute atomic E-state index is 11.5. The lowest BCUT2D eigenvalue weighted by Gasteiger charge is -2.17. The lowest BCUT2D eigenvalue weighted by atomic mass is 10.3. The van der Waals surface area contributed by atoms with Crippen LogP contribution in [-0.4, -0.2) is 36.7 Å². The minimum absolute atomic E-state index is 0.250. The average molecular weight is 390 g/mol. The van der Waals surface area contributed by atoms with Crippen LogP contribution < -0.4 is 10.2 Å². The van der Waals surface area contributed by atoms with Crippen LogP contribution in [0.25, 0.3) is 0 Å². The maximum atomic E-state index is 11.5. The number of anilines is 4. The number of halogens is 1. The van der Waals surface area contributed by atoms with Crippen LogP contribution in [-0.2, 0) is 9.84 Å². The highest BCUT2D eigenvalue weighted by atomic mass is 35.5. The summed E-state index contributed by atoms with van der Waals surface area (Å²) in [5, 5.41) is 3.65. The molecule has 2 aromatic carbocycles. The summed E-state index contributed by atoms with van der Waals surface area (Å²) in [6, 6.07) is 13.7. The molecule has 0 saturated heterocycles. The van der Waals surface area contributed by atoms with E-state index < -0.39 is 9.84 Å². The van der Waals surface area contributed by atoms with Crippen molar-refractivity contribution in [1.29, 1.82) is 0 Å². The Morgan fingerprint density at radius 2 is 1.81 bits per heavy atom. The van der Waals surface area contributed by atoms with Gasteiger partial charge in [-0.3, -0.25) is 0 Å². The molecule has 1 heterocycles. The Balaban J connectivity index is 1.81. The monoisotopic (exact) mass is 389 g/mol. The van der Waals surface area contributed by atoms with E-state index in [9.17, 15) is 8.42 Å². The number of rotatable bonds is 5. The first-order chi connectivity index (χ1) is 12.3. The zero-order valence-corrected chi connectivity index (χ0v) is 15.7. The fourth-order valence-corrected chi connectivity index (χ4v) is 3.04. The molecule has 0 aliphatic heterocycles. The number of nitrogens with zero attached hydrogens (tertiary/aromatic N) is 4. The highest BCUT2D eigenvalue weighted by Gasteiger charge is 2.10. The Morgan fingerprint density at radius 3 is 2.46 bits per heavy atom. The first kappa shape index (κ1) is 18.1. The van der Waals surface area contributed by atoms with Crippen LogP contribution in [0.5, 0.6) is 0 Å². The van der Waals surface area contributed by atoms with Crippen molar-refractivity contribution in [2.75, 3.05) is 23.5 Å². The largest absolute Gasteiger partial charge is 0.324 e. The minimum Gasteiger partial charge on any atom is -0.324 e. The van der Waals surface area contributed by atoms with Crippen molar-refractivity contribution >= 4 is 44.7 Å². The second-order valence-electron chi connectivity index (χ2n) is 5.57. The highest BCUT2D eigenvalue weighted by molar-refractivity contribution is 7.90. The van der Waals surface area contributed by atoms with Gasteiger partial charge in [-0.15, -0.1) is 0 Å². The van der Waals surface area contributed by atoms with Gasteiger partial charge in [0, 0.05) is 29.7 Å². The van der Waals surface area contributed by atoms with Crippen LogP contribution in [0, 0.1) is 0 Å². The molecule has 7 nitrogen and oxygen atoms in total. The molecule has 134 valence electrons. The molecule has 1 N–H and O–H groups in total. The molecule has 0 spiro atoms. The molecule has 0 fully saturated rings. The second kappa shape index (κ2) is 7.27. The third kappa shape index (κ3) is 4.27. The van der Waals surface area contributed by atoms with Crippen LogP contribution in [0.3, 0.4) is 0 Å². The van der Waals surface area contributed by atoms with E-state index in [1.165, 1.54) is 24.7 Å². The van der Waals surface area contributed by atoms with E-state index in [4.69, 9.17) is 11.6 Å². The molecule has 0 unspecified atom stereocenters. The summed E-state index contributed by atoms with van der Waals surface area (Å²) in [5.74, 6) is 0.786. The Kier molecular flexibility index (Phi) is 5.06. The predicted molar refractivity (Wildman–Crippen MR) is 102 cm³/mol. The molecular weight excluding hydrogens is 374 g/mol. The van der Waals surface area contributed by atoms with Crippen molar-refractivity contribution < 1.29 is 8.42 Å². The molecule has 0 amide bonds. The number of aromatic nitrogens is 3. The number of hydrogen-bond acceptors (Lipinski definition) is 7. The van der Waals surface area contributed by atoms with Gasteiger partial charge < -0.3 is 10.2 Å². The van der Waals surface area contributed by atoms with Gasteiger partial charge in [0.2, 0.25) is 11.9 Å². The molecule has 9 heteroatoms. The molecule has 3 aromatic rings.